The van der Waals surface area contributed by atoms with Crippen molar-refractivity contribution in [2.24, 2.45) is 0 Å². The number of nitrogens with zero attached hydrogens (tertiary/aromatic N) is 1. The van der Waals surface area contributed by atoms with E-state index in [-0.39, 0.29) is 23.0 Å². The van der Waals surface area contributed by atoms with E-state index >= 15 is 0 Å². The largest absolute Gasteiger partial charge is 0.487 e. The number of esters is 1. The summed E-state index contributed by atoms with van der Waals surface area (Å²) in [5.74, 6) is -0.923. The highest BCUT2D eigenvalue weighted by Crippen LogP contribution is 2.35. The van der Waals surface area contributed by atoms with E-state index in [0.717, 1.165) is 5.56 Å². The standard InChI is InChI=1S/C25H17Cl3N2O4/c1-33-25(32)15-6-8-20(9-7-15)30-24(31)18(13-29)10-17-11-19(26)12-22(28)23(17)34-14-16-4-2-3-5-21(16)27/h2-12H,14H2,1H3,(H,30,31)/b18-10+. The smallest absolute Gasteiger partial charge is 0.337 e. The molecule has 0 saturated heterocycles. The first-order chi connectivity index (χ1) is 16.3. The maximum absolute atomic E-state index is 12.7. The number of ether oxygens (including phenoxy) is 2. The third kappa shape index (κ3) is 6.30. The number of amides is 1. The van der Waals surface area contributed by atoms with Gasteiger partial charge in [-0.15, -0.1) is 0 Å². The number of rotatable bonds is 7. The van der Waals surface area contributed by atoms with E-state index in [4.69, 9.17) is 39.5 Å². The molecule has 0 heterocycles. The maximum atomic E-state index is 12.7. The molecule has 0 radical (unpaired) electrons. The van der Waals surface area contributed by atoms with Crippen LogP contribution in [0.4, 0.5) is 5.69 Å². The molecule has 0 aliphatic carbocycles. The minimum atomic E-state index is -0.665. The molecule has 172 valence electrons. The lowest BCUT2D eigenvalue weighted by atomic mass is 10.1. The maximum Gasteiger partial charge on any atom is 0.337 e. The predicted octanol–water partition coefficient (Wildman–Crippen LogP) is 6.56. The molecule has 1 N–H and O–H groups in total. The number of anilines is 1. The fourth-order valence-corrected chi connectivity index (χ4v) is 3.67. The Morgan fingerprint density at radius 2 is 1.74 bits per heavy atom. The van der Waals surface area contributed by atoms with E-state index in [9.17, 15) is 14.9 Å². The number of carbonyl (C=O) groups excluding carboxylic acids is 2. The van der Waals surface area contributed by atoms with Gasteiger partial charge in [0.15, 0.2) is 0 Å². The van der Waals surface area contributed by atoms with Gasteiger partial charge in [-0.2, -0.15) is 5.26 Å². The van der Waals surface area contributed by atoms with E-state index in [2.05, 4.69) is 10.1 Å². The van der Waals surface area contributed by atoms with Crippen LogP contribution in [0, 0.1) is 11.3 Å². The molecule has 0 atom stereocenters. The van der Waals surface area contributed by atoms with Crippen molar-refractivity contribution in [1.82, 2.24) is 0 Å². The second-order valence-corrected chi connectivity index (χ2v) is 8.13. The first-order valence-corrected chi connectivity index (χ1v) is 10.9. The van der Waals surface area contributed by atoms with Gasteiger partial charge in [0.2, 0.25) is 0 Å². The summed E-state index contributed by atoms with van der Waals surface area (Å²) in [6.07, 6.45) is 1.33. The van der Waals surface area contributed by atoms with Crippen molar-refractivity contribution in [1.29, 1.82) is 5.26 Å². The number of hydrogen-bond acceptors (Lipinski definition) is 5. The van der Waals surface area contributed by atoms with Crippen LogP contribution in [0.25, 0.3) is 6.08 Å². The Bertz CT molecular complexity index is 1300. The first kappa shape index (κ1) is 25.1. The van der Waals surface area contributed by atoms with Crippen molar-refractivity contribution in [3.8, 4) is 11.8 Å². The van der Waals surface area contributed by atoms with Crippen LogP contribution in [0.2, 0.25) is 15.1 Å². The lowest BCUT2D eigenvalue weighted by Gasteiger charge is -2.13. The Morgan fingerprint density at radius 1 is 1.03 bits per heavy atom. The summed E-state index contributed by atoms with van der Waals surface area (Å²) in [7, 11) is 1.27. The number of methoxy groups -OCH3 is 1. The zero-order valence-electron chi connectivity index (χ0n) is 17.8. The van der Waals surface area contributed by atoms with E-state index in [1.165, 1.54) is 49.6 Å². The van der Waals surface area contributed by atoms with Gasteiger partial charge in [-0.25, -0.2) is 4.79 Å². The van der Waals surface area contributed by atoms with E-state index < -0.39 is 11.9 Å². The molecule has 0 aliphatic rings. The van der Waals surface area contributed by atoms with E-state index in [1.807, 2.05) is 12.1 Å². The zero-order valence-corrected chi connectivity index (χ0v) is 20.0. The number of nitriles is 1. The van der Waals surface area contributed by atoms with Crippen LogP contribution in [0.1, 0.15) is 21.5 Å². The Hall–Kier alpha value is -3.50. The molecule has 0 saturated carbocycles. The Balaban J connectivity index is 1.85. The third-order valence-corrected chi connectivity index (χ3v) is 5.46. The van der Waals surface area contributed by atoms with Gasteiger partial charge in [0.05, 0.1) is 17.7 Å². The fraction of sp³-hybridized carbons (Fsp3) is 0.0800. The predicted molar refractivity (Wildman–Crippen MR) is 132 cm³/mol. The zero-order chi connectivity index (χ0) is 24.7. The molecule has 1 amide bonds. The fourth-order valence-electron chi connectivity index (χ4n) is 2.92. The van der Waals surface area contributed by atoms with Crippen molar-refractivity contribution >= 4 is 58.4 Å². The summed E-state index contributed by atoms with van der Waals surface area (Å²) >= 11 is 18.7. The van der Waals surface area contributed by atoms with Crippen LogP contribution in [-0.2, 0) is 16.1 Å². The normalized spacial score (nSPS) is 10.9. The second kappa shape index (κ2) is 11.6. The molecule has 0 unspecified atom stereocenters. The minimum Gasteiger partial charge on any atom is -0.487 e. The molecule has 3 rings (SSSR count). The number of halogens is 3. The number of carbonyl (C=O) groups is 2. The SMILES string of the molecule is COC(=O)c1ccc(NC(=O)/C(C#N)=C/c2cc(Cl)cc(Cl)c2OCc2ccccc2Cl)cc1. The van der Waals surface area contributed by atoms with Gasteiger partial charge < -0.3 is 14.8 Å². The molecular formula is C25H17Cl3N2O4. The molecule has 3 aromatic carbocycles. The number of hydrogen-bond donors (Lipinski definition) is 1. The molecule has 34 heavy (non-hydrogen) atoms. The molecular weight excluding hydrogens is 499 g/mol. The summed E-state index contributed by atoms with van der Waals surface area (Å²) in [5.41, 5.74) is 1.58. The molecule has 9 heteroatoms. The molecule has 0 fully saturated rings. The summed E-state index contributed by atoms with van der Waals surface area (Å²) in [6.45, 7) is 0.114. The van der Waals surface area contributed by atoms with Gasteiger partial charge in [0, 0.05) is 26.9 Å². The van der Waals surface area contributed by atoms with E-state index in [0.29, 0.717) is 26.9 Å². The van der Waals surface area contributed by atoms with Crippen molar-refractivity contribution in [3.63, 3.8) is 0 Å². The molecule has 6 nitrogen and oxygen atoms in total. The minimum absolute atomic E-state index is 0.114. The number of nitrogens with one attached hydrogen (secondary N) is 1. The highest BCUT2D eigenvalue weighted by molar-refractivity contribution is 6.36. The Morgan fingerprint density at radius 3 is 2.38 bits per heavy atom. The van der Waals surface area contributed by atoms with Gasteiger partial charge in [-0.1, -0.05) is 53.0 Å². The summed E-state index contributed by atoms with van der Waals surface area (Å²) < 4.78 is 10.5. The molecule has 0 bridgehead atoms. The van der Waals surface area contributed by atoms with Gasteiger partial charge in [-0.3, -0.25) is 4.79 Å². The Kier molecular flexibility index (Phi) is 8.55. The van der Waals surface area contributed by atoms with Gasteiger partial charge in [0.1, 0.15) is 24.0 Å². The van der Waals surface area contributed by atoms with Gasteiger partial charge in [0.25, 0.3) is 5.91 Å². The van der Waals surface area contributed by atoms with Gasteiger partial charge >= 0.3 is 5.97 Å². The first-order valence-electron chi connectivity index (χ1n) is 9.79. The lowest BCUT2D eigenvalue weighted by Crippen LogP contribution is -2.13. The van der Waals surface area contributed by atoms with Gasteiger partial charge in [-0.05, 0) is 48.5 Å². The van der Waals surface area contributed by atoms with Crippen molar-refractivity contribution in [3.05, 3.63) is 98.0 Å². The quantitative estimate of drug-likeness (QED) is 0.219. The van der Waals surface area contributed by atoms with Crippen LogP contribution >= 0.6 is 34.8 Å². The second-order valence-electron chi connectivity index (χ2n) is 6.88. The van der Waals surface area contributed by atoms with Crippen LogP contribution in [-0.4, -0.2) is 19.0 Å². The van der Waals surface area contributed by atoms with Crippen molar-refractivity contribution < 1.29 is 19.1 Å². The summed E-state index contributed by atoms with van der Waals surface area (Å²) in [4.78, 5) is 24.3. The molecule has 0 spiro atoms. The molecule has 3 aromatic rings. The third-order valence-electron chi connectivity index (χ3n) is 4.60. The topological polar surface area (TPSA) is 88.4 Å². The summed E-state index contributed by atoms with van der Waals surface area (Å²) in [6, 6.07) is 18.1. The van der Waals surface area contributed by atoms with Crippen molar-refractivity contribution in [2.45, 2.75) is 6.61 Å². The van der Waals surface area contributed by atoms with Crippen molar-refractivity contribution in [2.75, 3.05) is 12.4 Å². The lowest BCUT2D eigenvalue weighted by molar-refractivity contribution is -0.112. The monoisotopic (exact) mass is 514 g/mol. The average molecular weight is 516 g/mol. The summed E-state index contributed by atoms with van der Waals surface area (Å²) in [5, 5.41) is 13.2. The van der Waals surface area contributed by atoms with Crippen LogP contribution in [0.3, 0.4) is 0 Å². The van der Waals surface area contributed by atoms with Crippen LogP contribution < -0.4 is 10.1 Å². The highest BCUT2D eigenvalue weighted by atomic mass is 35.5. The number of benzene rings is 3. The van der Waals surface area contributed by atoms with Crippen LogP contribution in [0.5, 0.6) is 5.75 Å². The van der Waals surface area contributed by atoms with Crippen LogP contribution in [0.15, 0.2) is 66.2 Å². The Labute approximate surface area is 211 Å². The highest BCUT2D eigenvalue weighted by Gasteiger charge is 2.15. The molecule has 0 aliphatic heterocycles. The van der Waals surface area contributed by atoms with E-state index in [1.54, 1.807) is 18.2 Å². The molecule has 0 aromatic heterocycles. The average Bonchev–Trinajstić information content (AvgIpc) is 2.82.